The Hall–Kier alpha value is -1.15. The van der Waals surface area contributed by atoms with Crippen LogP contribution < -0.4 is 5.09 Å². The molecule has 130 valence electrons. The molecule has 10 heteroatoms. The fourth-order valence-electron chi connectivity index (χ4n) is 1.41. The van der Waals surface area contributed by atoms with Crippen LogP contribution in [0.3, 0.4) is 0 Å². The molecule has 0 aliphatic rings. The average molecular weight is 371 g/mol. The van der Waals surface area contributed by atoms with Crippen molar-refractivity contribution in [2.45, 2.75) is 24.9 Å². The summed E-state index contributed by atoms with van der Waals surface area (Å²) in [5.74, 6) is 0. The van der Waals surface area contributed by atoms with Gasteiger partial charge < -0.3 is 14.1 Å². The molecule has 0 aromatic heterocycles. The van der Waals surface area contributed by atoms with Crippen LogP contribution in [-0.2, 0) is 18.9 Å². The van der Waals surface area contributed by atoms with Crippen molar-refractivity contribution in [3.8, 4) is 0 Å². The van der Waals surface area contributed by atoms with Gasteiger partial charge in [-0.1, -0.05) is 0 Å². The second kappa shape index (κ2) is 8.63. The fraction of sp³-hybridized carbons (Fsp3) is 0.385. The van der Waals surface area contributed by atoms with Crippen molar-refractivity contribution in [2.75, 3.05) is 18.3 Å². The molecule has 0 aliphatic carbocycles. The van der Waals surface area contributed by atoms with Gasteiger partial charge in [0.05, 0.1) is 18.1 Å². The number of alkyl halides is 3. The highest BCUT2D eigenvalue weighted by Gasteiger charge is 2.24. The van der Waals surface area contributed by atoms with Crippen LogP contribution in [0.2, 0.25) is 0 Å². The Morgan fingerprint density at radius 3 is 2.09 bits per heavy atom. The van der Waals surface area contributed by atoms with E-state index in [1.54, 1.807) is 13.8 Å². The van der Waals surface area contributed by atoms with E-state index >= 15 is 0 Å². The van der Waals surface area contributed by atoms with Crippen LogP contribution in [0.1, 0.15) is 13.8 Å². The van der Waals surface area contributed by atoms with Gasteiger partial charge >= 0.3 is 6.18 Å². The molecule has 0 aliphatic heterocycles. The Balaban J connectivity index is 2.85. The lowest BCUT2D eigenvalue weighted by atomic mass is 10.3. The second-order valence-electron chi connectivity index (χ2n) is 4.12. The minimum atomic E-state index is -4.68. The Kier molecular flexibility index (Phi) is 7.47. The zero-order valence-electron chi connectivity index (χ0n) is 12.5. The van der Waals surface area contributed by atoms with Crippen molar-refractivity contribution in [1.29, 1.82) is 0 Å². The van der Waals surface area contributed by atoms with Gasteiger partial charge in [-0.25, -0.2) is 8.42 Å². The van der Waals surface area contributed by atoms with E-state index in [1.165, 1.54) is 24.3 Å². The van der Waals surface area contributed by atoms with Gasteiger partial charge in [-0.15, -0.1) is 0 Å². The Bertz CT molecular complexity index is 611. The zero-order valence-corrected chi connectivity index (χ0v) is 14.2. The molecule has 1 aromatic carbocycles. The largest absolute Gasteiger partial charge is 0.410 e. The molecule has 0 atom stereocenters. The maximum Gasteiger partial charge on any atom is 0.410 e. The molecule has 23 heavy (non-hydrogen) atoms. The third-order valence-corrected chi connectivity index (χ3v) is 5.18. The number of allylic oxidation sites excluding steroid dienone is 1. The lowest BCUT2D eigenvalue weighted by Crippen LogP contribution is -2.04. The van der Waals surface area contributed by atoms with E-state index in [-0.39, 0.29) is 16.4 Å². The van der Waals surface area contributed by atoms with Crippen molar-refractivity contribution in [2.24, 2.45) is 0 Å². The van der Waals surface area contributed by atoms with Gasteiger partial charge in [-0.3, -0.25) is 0 Å². The molecule has 0 fully saturated rings. The number of benzene rings is 1. The van der Waals surface area contributed by atoms with E-state index in [1.807, 2.05) is 0 Å². The quantitative estimate of drug-likeness (QED) is 0.692. The first-order valence-corrected chi connectivity index (χ1v) is 9.34. The van der Waals surface area contributed by atoms with Crippen molar-refractivity contribution < 1.29 is 30.6 Å². The highest BCUT2D eigenvalue weighted by atomic mass is 32.2. The first kappa shape index (κ1) is 19.9. The molecule has 0 radical (unpaired) electrons. The maximum atomic E-state index is 12.1. The number of hydrogen-bond acceptors (Lipinski definition) is 5. The van der Waals surface area contributed by atoms with Crippen LogP contribution >= 0.6 is 8.53 Å². The number of nitrogens with one attached hydrogen (secondary N) is 1. The smallest absolute Gasteiger partial charge is 0.320 e. The van der Waals surface area contributed by atoms with Crippen LogP contribution in [-0.4, -0.2) is 27.8 Å². The number of rotatable bonds is 8. The lowest BCUT2D eigenvalue weighted by molar-refractivity contribution is -0.0797. The summed E-state index contributed by atoms with van der Waals surface area (Å²) in [5.41, 5.74) is 0.539. The first-order chi connectivity index (χ1) is 10.7. The molecule has 5 nitrogen and oxygen atoms in total. The van der Waals surface area contributed by atoms with Gasteiger partial charge in [-0.05, 0) is 38.1 Å². The summed E-state index contributed by atoms with van der Waals surface area (Å²) in [6.45, 7) is 4.48. The summed E-state index contributed by atoms with van der Waals surface area (Å²) in [5, 5.41) is 3.08. The highest BCUT2D eigenvalue weighted by molar-refractivity contribution is 7.94. The van der Waals surface area contributed by atoms with E-state index in [0.717, 1.165) is 0 Å². The second-order valence-corrected chi connectivity index (χ2v) is 7.21. The maximum absolute atomic E-state index is 12.1. The van der Waals surface area contributed by atoms with Crippen LogP contribution in [0.15, 0.2) is 40.6 Å². The van der Waals surface area contributed by atoms with Crippen LogP contribution in [0.4, 0.5) is 18.9 Å². The van der Waals surface area contributed by atoms with E-state index in [9.17, 15) is 21.6 Å². The first-order valence-electron chi connectivity index (χ1n) is 6.61. The standard InChI is InChI=1S/C13H17F3NO4PS/c1-3-20-22(21-4-2)17-11-5-7-12(8-6-11)23(18,19)10-9-13(14,15)16/h5-10,17H,3-4H2,1-2H3. The number of hydrogen-bond donors (Lipinski definition) is 1. The van der Waals surface area contributed by atoms with Gasteiger partial charge in [0.2, 0.25) is 0 Å². The van der Waals surface area contributed by atoms with Crippen molar-refractivity contribution in [3.05, 3.63) is 35.7 Å². The van der Waals surface area contributed by atoms with Gasteiger partial charge in [0.25, 0.3) is 8.53 Å². The summed E-state index contributed by atoms with van der Waals surface area (Å²) in [7, 11) is -5.50. The summed E-state index contributed by atoms with van der Waals surface area (Å²) < 4.78 is 70.4. The predicted octanol–water partition coefficient (Wildman–Crippen LogP) is 4.25. The molecular weight excluding hydrogens is 354 g/mol. The molecule has 1 rings (SSSR count). The van der Waals surface area contributed by atoms with Gasteiger partial charge in [-0.2, -0.15) is 13.2 Å². The van der Waals surface area contributed by atoms with E-state index in [2.05, 4.69) is 5.09 Å². The van der Waals surface area contributed by atoms with E-state index in [0.29, 0.717) is 18.9 Å². The molecule has 1 aromatic rings. The molecule has 0 unspecified atom stereocenters. The van der Waals surface area contributed by atoms with Crippen molar-refractivity contribution in [1.82, 2.24) is 0 Å². The minimum absolute atomic E-state index is 0.142. The molecule has 0 heterocycles. The number of anilines is 1. The molecule has 1 N–H and O–H groups in total. The van der Waals surface area contributed by atoms with Gasteiger partial charge in [0.1, 0.15) is 0 Å². The summed E-state index contributed by atoms with van der Waals surface area (Å²) in [6, 6.07) is 5.29. The molecular formula is C13H17F3NO4PS. The molecule has 0 saturated heterocycles. The summed E-state index contributed by atoms with van der Waals surface area (Å²) >= 11 is 0. The number of sulfone groups is 1. The Morgan fingerprint density at radius 2 is 1.65 bits per heavy atom. The third-order valence-electron chi connectivity index (χ3n) is 2.33. The molecule has 0 saturated carbocycles. The van der Waals surface area contributed by atoms with E-state index < -0.39 is 24.5 Å². The third kappa shape index (κ3) is 7.30. The topological polar surface area (TPSA) is 64.6 Å². The average Bonchev–Trinajstić information content (AvgIpc) is 2.46. The summed E-state index contributed by atoms with van der Waals surface area (Å²) in [6.07, 6.45) is -4.99. The molecule has 0 amide bonds. The predicted molar refractivity (Wildman–Crippen MR) is 82.6 cm³/mol. The SMILES string of the molecule is CCOP(Nc1ccc(S(=O)(=O)C=CC(F)(F)F)cc1)OCC. The van der Waals surface area contributed by atoms with Gasteiger partial charge in [0.15, 0.2) is 9.84 Å². The Morgan fingerprint density at radius 1 is 1.13 bits per heavy atom. The lowest BCUT2D eigenvalue weighted by Gasteiger charge is -2.17. The van der Waals surface area contributed by atoms with Crippen LogP contribution in [0, 0.1) is 0 Å². The normalized spacial score (nSPS) is 13.0. The fourth-order valence-corrected chi connectivity index (χ4v) is 3.44. The Labute approximate surface area is 134 Å². The van der Waals surface area contributed by atoms with Crippen molar-refractivity contribution >= 4 is 24.1 Å². The molecule has 0 spiro atoms. The summed E-state index contributed by atoms with van der Waals surface area (Å²) in [4.78, 5) is -0.235. The monoisotopic (exact) mass is 371 g/mol. The van der Waals surface area contributed by atoms with Crippen molar-refractivity contribution in [3.63, 3.8) is 0 Å². The highest BCUT2D eigenvalue weighted by Crippen LogP contribution is 2.38. The van der Waals surface area contributed by atoms with Crippen LogP contribution in [0.25, 0.3) is 0 Å². The molecule has 0 bridgehead atoms. The van der Waals surface area contributed by atoms with Crippen LogP contribution in [0.5, 0.6) is 0 Å². The van der Waals surface area contributed by atoms with E-state index in [4.69, 9.17) is 9.05 Å². The minimum Gasteiger partial charge on any atom is -0.320 e. The number of halogens is 3. The van der Waals surface area contributed by atoms with Gasteiger partial charge in [0, 0.05) is 17.2 Å². The zero-order chi connectivity index (χ0) is 17.5.